The van der Waals surface area contributed by atoms with E-state index < -0.39 is 66.2 Å². The first-order valence-corrected chi connectivity index (χ1v) is 11.3. The van der Waals surface area contributed by atoms with Crippen molar-refractivity contribution in [3.8, 4) is 5.75 Å². The molecule has 198 valence electrons. The first-order chi connectivity index (χ1) is 16.8. The average molecular weight is 528 g/mol. The number of primary amides is 1. The molecule has 4 unspecified atom stereocenters. The Morgan fingerprint density at radius 1 is 0.861 bits per heavy atom. The molecule has 1 aromatic carbocycles. The lowest BCUT2D eigenvalue weighted by Crippen LogP contribution is -2.58. The van der Waals surface area contributed by atoms with Crippen LogP contribution in [0, 0.1) is 0 Å². The van der Waals surface area contributed by atoms with E-state index in [0.717, 1.165) is 0 Å². The number of nitrogens with one attached hydrogen (secondary N) is 3. The lowest BCUT2D eigenvalue weighted by Gasteiger charge is -2.24. The summed E-state index contributed by atoms with van der Waals surface area (Å²) < 4.78 is 0. The number of aliphatic carboxylic acids is 2. The van der Waals surface area contributed by atoms with Crippen molar-refractivity contribution in [3.05, 3.63) is 29.8 Å². The molecule has 0 bridgehead atoms. The van der Waals surface area contributed by atoms with E-state index in [0.29, 0.717) is 5.56 Å². The van der Waals surface area contributed by atoms with Gasteiger partial charge < -0.3 is 42.7 Å². The molecule has 0 aromatic heterocycles. The summed E-state index contributed by atoms with van der Waals surface area (Å²) in [7, 11) is 0. The Kier molecular flexibility index (Phi) is 12.2. The lowest BCUT2D eigenvalue weighted by molar-refractivity contribution is -0.142. The summed E-state index contributed by atoms with van der Waals surface area (Å²) in [4.78, 5) is 71.5. The Morgan fingerprint density at radius 2 is 1.39 bits per heavy atom. The van der Waals surface area contributed by atoms with E-state index in [4.69, 9.17) is 11.5 Å². The predicted molar refractivity (Wildman–Crippen MR) is 128 cm³/mol. The van der Waals surface area contributed by atoms with Crippen molar-refractivity contribution in [1.29, 1.82) is 0 Å². The van der Waals surface area contributed by atoms with Gasteiger partial charge in [-0.05, 0) is 24.1 Å². The standard InChI is InChI=1S/C21H29N5O9S/c22-12(5-6-16(23)28)18(31)24-14(8-17(29)30)20(33)25-13(7-10-1-3-11(27)4-2-10)19(32)26-15(9-36)21(34)35/h1-4,12-15,27,36H,5-9,22H2,(H2,23,28)(H,24,31)(H,25,33)(H,26,32)(H,29,30)(H,34,35). The Morgan fingerprint density at radius 3 is 1.89 bits per heavy atom. The highest BCUT2D eigenvalue weighted by Crippen LogP contribution is 2.12. The maximum Gasteiger partial charge on any atom is 0.327 e. The number of benzene rings is 1. The molecule has 14 nitrogen and oxygen atoms in total. The Bertz CT molecular complexity index is 973. The number of carboxylic acid groups (broad SMARTS) is 2. The molecule has 1 aromatic rings. The van der Waals surface area contributed by atoms with Gasteiger partial charge in [-0.25, -0.2) is 4.79 Å². The molecule has 0 fully saturated rings. The number of carbonyl (C=O) groups is 6. The Balaban J connectivity index is 3.10. The van der Waals surface area contributed by atoms with Crippen LogP contribution in [0.25, 0.3) is 0 Å². The smallest absolute Gasteiger partial charge is 0.327 e. The highest BCUT2D eigenvalue weighted by Gasteiger charge is 2.31. The van der Waals surface area contributed by atoms with Crippen LogP contribution >= 0.6 is 12.6 Å². The SMILES string of the molecule is NC(=O)CCC(N)C(=O)NC(CC(=O)O)C(=O)NC(Cc1ccc(O)cc1)C(=O)NC(CS)C(=O)O. The third-order valence-electron chi connectivity index (χ3n) is 4.86. The van der Waals surface area contributed by atoms with E-state index in [1.165, 1.54) is 24.3 Å². The molecule has 1 rings (SSSR count). The molecule has 0 aliphatic heterocycles. The van der Waals surface area contributed by atoms with Gasteiger partial charge in [0.05, 0.1) is 12.5 Å². The second-order valence-corrected chi connectivity index (χ2v) is 8.15. The normalized spacial score (nSPS) is 13.9. The molecule has 0 aliphatic carbocycles. The zero-order chi connectivity index (χ0) is 27.4. The third-order valence-corrected chi connectivity index (χ3v) is 5.22. The quantitative estimate of drug-likeness (QED) is 0.108. The molecular weight excluding hydrogens is 498 g/mol. The number of nitrogens with two attached hydrogens (primary N) is 2. The average Bonchev–Trinajstić information content (AvgIpc) is 2.80. The molecule has 4 amide bonds. The van der Waals surface area contributed by atoms with Crippen LogP contribution in [0.4, 0.5) is 0 Å². The summed E-state index contributed by atoms with van der Waals surface area (Å²) in [6, 6.07) is -0.0819. The van der Waals surface area contributed by atoms with Crippen molar-refractivity contribution < 1.29 is 44.1 Å². The van der Waals surface area contributed by atoms with Crippen LogP contribution in [0.3, 0.4) is 0 Å². The van der Waals surface area contributed by atoms with Crippen molar-refractivity contribution in [2.75, 3.05) is 5.75 Å². The molecule has 4 atom stereocenters. The number of carboxylic acids is 2. The number of phenolic OH excluding ortho intramolecular Hbond substituents is 1. The number of thiol groups is 1. The van der Waals surface area contributed by atoms with Crippen molar-refractivity contribution in [2.24, 2.45) is 11.5 Å². The fraction of sp³-hybridized carbons (Fsp3) is 0.429. The Hall–Kier alpha value is -3.85. The monoisotopic (exact) mass is 527 g/mol. The first kappa shape index (κ1) is 30.2. The molecule has 15 heteroatoms. The minimum atomic E-state index is -1.65. The molecule has 0 aliphatic rings. The number of rotatable bonds is 15. The molecule has 0 saturated heterocycles. The van der Waals surface area contributed by atoms with Gasteiger partial charge in [0.2, 0.25) is 23.6 Å². The van der Waals surface area contributed by atoms with Crippen LogP contribution in [0.15, 0.2) is 24.3 Å². The van der Waals surface area contributed by atoms with Crippen molar-refractivity contribution in [1.82, 2.24) is 16.0 Å². The molecular formula is C21H29N5O9S. The molecule has 0 spiro atoms. The molecule has 0 saturated carbocycles. The summed E-state index contributed by atoms with van der Waals surface area (Å²) in [5, 5.41) is 34.5. The summed E-state index contributed by atoms with van der Waals surface area (Å²) in [5.74, 6) is -6.69. The highest BCUT2D eigenvalue weighted by molar-refractivity contribution is 7.80. The molecule has 0 heterocycles. The van der Waals surface area contributed by atoms with Crippen molar-refractivity contribution in [2.45, 2.75) is 49.9 Å². The van der Waals surface area contributed by atoms with Gasteiger partial charge in [0.25, 0.3) is 0 Å². The van der Waals surface area contributed by atoms with Gasteiger partial charge in [0.15, 0.2) is 0 Å². The Labute approximate surface area is 211 Å². The largest absolute Gasteiger partial charge is 0.508 e. The van der Waals surface area contributed by atoms with Gasteiger partial charge in [-0.2, -0.15) is 12.6 Å². The van der Waals surface area contributed by atoms with Crippen LogP contribution in [-0.2, 0) is 35.2 Å². The third kappa shape index (κ3) is 10.6. The summed E-state index contributed by atoms with van der Waals surface area (Å²) in [6.45, 7) is 0. The van der Waals surface area contributed by atoms with Crippen LogP contribution in [0.5, 0.6) is 5.75 Å². The zero-order valence-corrected chi connectivity index (χ0v) is 19.9. The van der Waals surface area contributed by atoms with Crippen LogP contribution < -0.4 is 27.4 Å². The summed E-state index contributed by atoms with van der Waals surface area (Å²) in [5.41, 5.74) is 11.1. The van der Waals surface area contributed by atoms with E-state index in [1.807, 2.05) is 0 Å². The van der Waals surface area contributed by atoms with Gasteiger partial charge >= 0.3 is 11.9 Å². The van der Waals surface area contributed by atoms with Gasteiger partial charge in [0.1, 0.15) is 23.9 Å². The van der Waals surface area contributed by atoms with Gasteiger partial charge in [-0.15, -0.1) is 0 Å². The van der Waals surface area contributed by atoms with E-state index in [-0.39, 0.29) is 30.8 Å². The van der Waals surface area contributed by atoms with Crippen molar-refractivity contribution in [3.63, 3.8) is 0 Å². The van der Waals surface area contributed by atoms with E-state index in [2.05, 4.69) is 28.6 Å². The van der Waals surface area contributed by atoms with Crippen LogP contribution in [0.2, 0.25) is 0 Å². The fourth-order valence-corrected chi connectivity index (χ4v) is 3.15. The zero-order valence-electron chi connectivity index (χ0n) is 19.0. The number of phenols is 1. The summed E-state index contributed by atoms with van der Waals surface area (Å²) in [6.07, 6.45) is -1.38. The highest BCUT2D eigenvalue weighted by atomic mass is 32.1. The maximum absolute atomic E-state index is 12.9. The number of aromatic hydroxyl groups is 1. The topological polar surface area (TPSA) is 251 Å². The van der Waals surface area contributed by atoms with Gasteiger partial charge in [-0.1, -0.05) is 12.1 Å². The minimum Gasteiger partial charge on any atom is -0.508 e. The van der Waals surface area contributed by atoms with Crippen LogP contribution in [-0.4, -0.2) is 80.8 Å². The van der Waals surface area contributed by atoms with Gasteiger partial charge in [0, 0.05) is 18.6 Å². The van der Waals surface area contributed by atoms with Crippen molar-refractivity contribution >= 4 is 48.2 Å². The van der Waals surface area contributed by atoms with Crippen LogP contribution in [0.1, 0.15) is 24.8 Å². The predicted octanol–water partition coefficient (Wildman–Crippen LogP) is -2.53. The number of hydrogen-bond donors (Lipinski definition) is 9. The number of carbonyl (C=O) groups excluding carboxylic acids is 4. The minimum absolute atomic E-state index is 0.0540. The molecule has 36 heavy (non-hydrogen) atoms. The van der Waals surface area contributed by atoms with Gasteiger partial charge in [-0.3, -0.25) is 24.0 Å². The lowest BCUT2D eigenvalue weighted by atomic mass is 10.0. The van der Waals surface area contributed by atoms with E-state index >= 15 is 0 Å². The second-order valence-electron chi connectivity index (χ2n) is 7.78. The second kappa shape index (κ2) is 14.5. The fourth-order valence-electron chi connectivity index (χ4n) is 2.90. The molecule has 0 radical (unpaired) electrons. The number of amides is 4. The maximum atomic E-state index is 12.9. The van der Waals surface area contributed by atoms with E-state index in [1.54, 1.807) is 0 Å². The number of hydrogen-bond acceptors (Lipinski definition) is 9. The molecule has 10 N–H and O–H groups in total. The first-order valence-electron chi connectivity index (χ1n) is 10.6. The summed E-state index contributed by atoms with van der Waals surface area (Å²) >= 11 is 3.87. The van der Waals surface area contributed by atoms with E-state index in [9.17, 15) is 44.1 Å².